The topological polar surface area (TPSA) is 49.3 Å². The Hall–Kier alpha value is -1.53. The number of hydrogen-bond acceptors (Lipinski definition) is 5. The maximum absolute atomic E-state index is 12.6. The Morgan fingerprint density at radius 1 is 1.36 bits per heavy atom. The highest BCUT2D eigenvalue weighted by Gasteiger charge is 2.32. The summed E-state index contributed by atoms with van der Waals surface area (Å²) in [4.78, 5) is 27.3. The lowest BCUT2D eigenvalue weighted by Crippen LogP contribution is -2.28. The zero-order valence-electron chi connectivity index (χ0n) is 13.5. The van der Waals surface area contributed by atoms with Crippen molar-refractivity contribution in [3.05, 3.63) is 22.8 Å². The van der Waals surface area contributed by atoms with Crippen LogP contribution < -0.4 is 0 Å². The van der Waals surface area contributed by atoms with E-state index in [0.717, 1.165) is 40.3 Å². The van der Waals surface area contributed by atoms with Gasteiger partial charge < -0.3 is 9.80 Å². The summed E-state index contributed by atoms with van der Waals surface area (Å²) in [5, 5.41) is 0. The molecule has 118 valence electrons. The van der Waals surface area contributed by atoms with E-state index in [4.69, 9.17) is 0 Å². The SMILES string of the molecule is CC(C)N1CC[C@H](c2c(C(=O)N(C)C)sc3nccnc23)C1. The maximum Gasteiger partial charge on any atom is 0.263 e. The predicted molar refractivity (Wildman–Crippen MR) is 89.5 cm³/mol. The van der Waals surface area contributed by atoms with Crippen molar-refractivity contribution in [2.24, 2.45) is 0 Å². The quantitative estimate of drug-likeness (QED) is 0.873. The first-order chi connectivity index (χ1) is 10.5. The Morgan fingerprint density at radius 2 is 2.09 bits per heavy atom. The lowest BCUT2D eigenvalue weighted by molar-refractivity contribution is 0.0831. The van der Waals surface area contributed by atoms with Crippen molar-refractivity contribution in [3.63, 3.8) is 0 Å². The highest BCUT2D eigenvalue weighted by molar-refractivity contribution is 7.20. The number of likely N-dealkylation sites (tertiary alicyclic amines) is 1. The van der Waals surface area contributed by atoms with Gasteiger partial charge >= 0.3 is 0 Å². The highest BCUT2D eigenvalue weighted by Crippen LogP contribution is 2.39. The summed E-state index contributed by atoms with van der Waals surface area (Å²) in [7, 11) is 3.60. The molecule has 1 saturated heterocycles. The molecule has 0 aromatic carbocycles. The molecular formula is C16H22N4OS. The second-order valence-corrected chi connectivity index (χ2v) is 7.33. The Kier molecular flexibility index (Phi) is 4.14. The fraction of sp³-hybridized carbons (Fsp3) is 0.562. The van der Waals surface area contributed by atoms with E-state index < -0.39 is 0 Å². The van der Waals surface area contributed by atoms with E-state index in [1.54, 1.807) is 31.4 Å². The van der Waals surface area contributed by atoms with Crippen LogP contribution in [0.25, 0.3) is 10.3 Å². The number of thiophene rings is 1. The Bertz CT molecular complexity index is 695. The van der Waals surface area contributed by atoms with Crippen LogP contribution in [-0.4, -0.2) is 58.9 Å². The molecule has 3 rings (SSSR count). The Labute approximate surface area is 135 Å². The minimum Gasteiger partial charge on any atom is -0.344 e. The molecule has 5 nitrogen and oxygen atoms in total. The number of carbonyl (C=O) groups is 1. The number of aromatic nitrogens is 2. The average Bonchev–Trinajstić information content (AvgIpc) is 3.10. The van der Waals surface area contributed by atoms with Gasteiger partial charge in [-0.1, -0.05) is 0 Å². The number of nitrogens with zero attached hydrogens (tertiary/aromatic N) is 4. The van der Waals surface area contributed by atoms with Crippen molar-refractivity contribution >= 4 is 27.6 Å². The van der Waals surface area contributed by atoms with Crippen LogP contribution in [0, 0.1) is 0 Å². The molecule has 1 fully saturated rings. The molecule has 3 heterocycles. The van der Waals surface area contributed by atoms with Crippen LogP contribution >= 0.6 is 11.3 Å². The second kappa shape index (κ2) is 5.93. The van der Waals surface area contributed by atoms with Gasteiger partial charge in [-0.2, -0.15) is 0 Å². The van der Waals surface area contributed by atoms with Crippen LogP contribution in [0.4, 0.5) is 0 Å². The van der Waals surface area contributed by atoms with E-state index >= 15 is 0 Å². The average molecular weight is 318 g/mol. The van der Waals surface area contributed by atoms with E-state index in [0.29, 0.717) is 12.0 Å². The molecule has 0 unspecified atom stereocenters. The van der Waals surface area contributed by atoms with Gasteiger partial charge in [0.2, 0.25) is 0 Å². The van der Waals surface area contributed by atoms with E-state index in [9.17, 15) is 4.79 Å². The molecule has 1 aliphatic heterocycles. The molecule has 0 N–H and O–H groups in total. The third-order valence-electron chi connectivity index (χ3n) is 4.32. The molecule has 6 heteroatoms. The third kappa shape index (κ3) is 2.61. The van der Waals surface area contributed by atoms with Gasteiger partial charge in [0.05, 0.1) is 4.88 Å². The van der Waals surface area contributed by atoms with Crippen LogP contribution in [0.3, 0.4) is 0 Å². The van der Waals surface area contributed by atoms with Gasteiger partial charge in [-0.3, -0.25) is 9.78 Å². The molecule has 2 aromatic rings. The number of fused-ring (bicyclic) bond motifs is 1. The van der Waals surface area contributed by atoms with Gasteiger partial charge in [-0.15, -0.1) is 11.3 Å². The van der Waals surface area contributed by atoms with Crippen LogP contribution in [0.5, 0.6) is 0 Å². The summed E-state index contributed by atoms with van der Waals surface area (Å²) >= 11 is 1.47. The van der Waals surface area contributed by atoms with Crippen molar-refractivity contribution in [2.75, 3.05) is 27.2 Å². The minimum atomic E-state index is 0.0581. The third-order valence-corrected chi connectivity index (χ3v) is 5.41. The molecular weight excluding hydrogens is 296 g/mol. The first-order valence-electron chi connectivity index (χ1n) is 7.68. The second-order valence-electron chi connectivity index (χ2n) is 6.33. The molecule has 2 aromatic heterocycles. The fourth-order valence-corrected chi connectivity index (χ4v) is 4.29. The number of hydrogen-bond donors (Lipinski definition) is 0. The molecule has 0 spiro atoms. The fourth-order valence-electron chi connectivity index (χ4n) is 3.08. The molecule has 22 heavy (non-hydrogen) atoms. The molecule has 1 amide bonds. The monoisotopic (exact) mass is 318 g/mol. The predicted octanol–water partition coefficient (Wildman–Crippen LogP) is 2.59. The van der Waals surface area contributed by atoms with Gasteiger partial charge in [-0.05, 0) is 26.8 Å². The van der Waals surface area contributed by atoms with Gasteiger partial charge in [0.1, 0.15) is 10.3 Å². The molecule has 0 radical (unpaired) electrons. The summed E-state index contributed by atoms with van der Waals surface area (Å²) in [6.45, 7) is 6.52. The highest BCUT2D eigenvalue weighted by atomic mass is 32.1. The van der Waals surface area contributed by atoms with E-state index in [-0.39, 0.29) is 5.91 Å². The zero-order chi connectivity index (χ0) is 15.9. The zero-order valence-corrected chi connectivity index (χ0v) is 14.4. The smallest absolute Gasteiger partial charge is 0.263 e. The Morgan fingerprint density at radius 3 is 2.73 bits per heavy atom. The minimum absolute atomic E-state index is 0.0581. The van der Waals surface area contributed by atoms with Crippen molar-refractivity contribution in [1.29, 1.82) is 0 Å². The van der Waals surface area contributed by atoms with E-state index in [1.807, 2.05) is 0 Å². The molecule has 1 atom stereocenters. The largest absolute Gasteiger partial charge is 0.344 e. The van der Waals surface area contributed by atoms with Gasteiger partial charge in [0.15, 0.2) is 0 Å². The summed E-state index contributed by atoms with van der Waals surface area (Å²) in [5.74, 6) is 0.426. The van der Waals surface area contributed by atoms with Crippen molar-refractivity contribution in [3.8, 4) is 0 Å². The van der Waals surface area contributed by atoms with Crippen LogP contribution in [0.1, 0.15) is 41.4 Å². The molecule has 0 saturated carbocycles. The standard InChI is InChI=1S/C16H22N4OS/c1-10(2)20-8-5-11(9-20)12-13-15(18-7-6-17-13)22-14(12)16(21)19(3)4/h6-7,10-11H,5,8-9H2,1-4H3/t11-/m0/s1. The first-order valence-corrected chi connectivity index (χ1v) is 8.49. The first kappa shape index (κ1) is 15.4. The number of rotatable bonds is 3. The summed E-state index contributed by atoms with van der Waals surface area (Å²) < 4.78 is 0. The summed E-state index contributed by atoms with van der Waals surface area (Å²) in [5.41, 5.74) is 2.02. The molecule has 0 aliphatic carbocycles. The molecule has 1 aliphatic rings. The molecule has 0 bridgehead atoms. The maximum atomic E-state index is 12.6. The van der Waals surface area contributed by atoms with Crippen molar-refractivity contribution in [1.82, 2.24) is 19.8 Å². The van der Waals surface area contributed by atoms with Crippen molar-refractivity contribution in [2.45, 2.75) is 32.2 Å². The summed E-state index contributed by atoms with van der Waals surface area (Å²) in [6.07, 6.45) is 4.49. The van der Waals surface area contributed by atoms with Crippen LogP contribution in [0.2, 0.25) is 0 Å². The normalized spacial score (nSPS) is 19.2. The van der Waals surface area contributed by atoms with E-state index in [2.05, 4.69) is 28.7 Å². The van der Waals surface area contributed by atoms with Gasteiger partial charge in [0, 0.05) is 50.6 Å². The number of carbonyl (C=O) groups excluding carboxylic acids is 1. The van der Waals surface area contributed by atoms with Crippen LogP contribution in [-0.2, 0) is 0 Å². The van der Waals surface area contributed by atoms with Crippen molar-refractivity contribution < 1.29 is 4.79 Å². The summed E-state index contributed by atoms with van der Waals surface area (Å²) in [6, 6.07) is 0.536. The lowest BCUT2D eigenvalue weighted by atomic mass is 9.97. The van der Waals surface area contributed by atoms with Gasteiger partial charge in [0.25, 0.3) is 5.91 Å². The van der Waals surface area contributed by atoms with Crippen LogP contribution in [0.15, 0.2) is 12.4 Å². The Balaban J connectivity index is 2.07. The van der Waals surface area contributed by atoms with E-state index in [1.165, 1.54) is 11.3 Å². The lowest BCUT2D eigenvalue weighted by Gasteiger charge is -2.20. The number of amides is 1. The van der Waals surface area contributed by atoms with Gasteiger partial charge in [-0.25, -0.2) is 4.98 Å².